The smallest absolute Gasteiger partial charge is 0.186 e. The molecule has 1 fully saturated rings. The molecule has 0 atom stereocenters. The van der Waals surface area contributed by atoms with Gasteiger partial charge in [-0.05, 0) is 19.8 Å². The average molecular weight is 244 g/mol. The molecule has 0 aromatic carbocycles. The van der Waals surface area contributed by atoms with Crippen molar-refractivity contribution in [1.29, 1.82) is 0 Å². The molecule has 0 amide bonds. The molecule has 6 heteroatoms. The van der Waals surface area contributed by atoms with Crippen molar-refractivity contribution in [3.8, 4) is 11.5 Å². The fourth-order valence-electron chi connectivity index (χ4n) is 2.65. The van der Waals surface area contributed by atoms with Gasteiger partial charge in [0, 0.05) is 18.4 Å². The minimum atomic E-state index is 0.407. The van der Waals surface area contributed by atoms with Crippen molar-refractivity contribution in [2.75, 3.05) is 5.73 Å². The summed E-state index contributed by atoms with van der Waals surface area (Å²) in [6, 6.07) is 0.469. The Morgan fingerprint density at radius 1 is 1.17 bits per heavy atom. The molecule has 0 bridgehead atoms. The van der Waals surface area contributed by atoms with Crippen LogP contribution < -0.4 is 5.73 Å². The fraction of sp³-hybridized carbons (Fsp3) is 0.500. The lowest BCUT2D eigenvalue weighted by Gasteiger charge is -2.15. The van der Waals surface area contributed by atoms with Gasteiger partial charge in [0.1, 0.15) is 11.5 Å². The van der Waals surface area contributed by atoms with Crippen molar-refractivity contribution in [2.45, 2.75) is 38.6 Å². The number of hydrogen-bond acceptors (Lipinski definition) is 5. The maximum atomic E-state index is 5.87. The van der Waals surface area contributed by atoms with Crippen molar-refractivity contribution in [3.63, 3.8) is 0 Å². The third kappa shape index (κ3) is 1.73. The topological polar surface area (TPSA) is 82.5 Å². The van der Waals surface area contributed by atoms with Gasteiger partial charge in [0.15, 0.2) is 11.6 Å². The second kappa shape index (κ2) is 4.36. The van der Waals surface area contributed by atoms with Crippen LogP contribution in [0.25, 0.3) is 11.5 Å². The molecule has 0 aliphatic heterocycles. The van der Waals surface area contributed by atoms with Crippen LogP contribution in [0.1, 0.15) is 37.5 Å². The van der Waals surface area contributed by atoms with E-state index in [0.29, 0.717) is 17.6 Å². The minimum Gasteiger partial charge on any atom is -0.382 e. The predicted octanol–water partition coefficient (Wildman–Crippen LogP) is 1.74. The van der Waals surface area contributed by atoms with Crippen LogP contribution in [0.4, 0.5) is 5.82 Å². The van der Waals surface area contributed by atoms with E-state index in [2.05, 4.69) is 24.7 Å². The van der Waals surface area contributed by atoms with Gasteiger partial charge in [-0.25, -0.2) is 9.97 Å². The number of aromatic nitrogens is 5. The number of hydrogen-bond donors (Lipinski definition) is 1. The zero-order chi connectivity index (χ0) is 12.5. The van der Waals surface area contributed by atoms with E-state index in [9.17, 15) is 0 Å². The molecule has 2 aromatic heterocycles. The number of nitrogens with zero attached hydrogens (tertiary/aromatic N) is 5. The zero-order valence-electron chi connectivity index (χ0n) is 10.4. The van der Waals surface area contributed by atoms with Crippen molar-refractivity contribution in [3.05, 3.63) is 18.2 Å². The summed E-state index contributed by atoms with van der Waals surface area (Å²) in [7, 11) is 0. The highest BCUT2D eigenvalue weighted by Gasteiger charge is 2.24. The van der Waals surface area contributed by atoms with Gasteiger partial charge < -0.3 is 10.3 Å². The summed E-state index contributed by atoms with van der Waals surface area (Å²) in [5, 5.41) is 8.39. The largest absolute Gasteiger partial charge is 0.382 e. The van der Waals surface area contributed by atoms with Crippen LogP contribution in [0.15, 0.2) is 12.4 Å². The molecule has 2 aromatic rings. The molecule has 1 aliphatic rings. The first-order valence-electron chi connectivity index (χ1n) is 6.25. The highest BCUT2D eigenvalue weighted by atomic mass is 15.3. The van der Waals surface area contributed by atoms with E-state index in [1.807, 2.05) is 6.92 Å². The molecule has 1 aliphatic carbocycles. The normalized spacial score (nSPS) is 16.3. The zero-order valence-corrected chi connectivity index (χ0v) is 10.4. The highest BCUT2D eigenvalue weighted by molar-refractivity contribution is 5.63. The van der Waals surface area contributed by atoms with E-state index in [1.54, 1.807) is 12.4 Å². The molecule has 18 heavy (non-hydrogen) atoms. The second-order valence-corrected chi connectivity index (χ2v) is 4.67. The van der Waals surface area contributed by atoms with E-state index in [4.69, 9.17) is 5.73 Å². The third-order valence-corrected chi connectivity index (χ3v) is 3.49. The molecular formula is C12H16N6. The number of nitrogen functional groups attached to an aromatic ring is 1. The first-order valence-corrected chi connectivity index (χ1v) is 6.25. The molecule has 3 rings (SSSR count). The van der Waals surface area contributed by atoms with E-state index in [-0.39, 0.29) is 0 Å². The Morgan fingerprint density at radius 3 is 2.61 bits per heavy atom. The summed E-state index contributed by atoms with van der Waals surface area (Å²) in [5.41, 5.74) is 6.50. The lowest BCUT2D eigenvalue weighted by molar-refractivity contribution is 0.510. The summed E-state index contributed by atoms with van der Waals surface area (Å²) in [6.45, 7) is 1.97. The molecule has 94 valence electrons. The van der Waals surface area contributed by atoms with Crippen molar-refractivity contribution in [1.82, 2.24) is 24.7 Å². The van der Waals surface area contributed by atoms with Gasteiger partial charge in [0.2, 0.25) is 0 Å². The summed E-state index contributed by atoms with van der Waals surface area (Å²) in [5.74, 6) is 2.07. The van der Waals surface area contributed by atoms with Gasteiger partial charge in [-0.15, -0.1) is 10.2 Å². The van der Waals surface area contributed by atoms with E-state index in [1.165, 1.54) is 25.7 Å². The Morgan fingerprint density at radius 2 is 1.89 bits per heavy atom. The fourth-order valence-corrected chi connectivity index (χ4v) is 2.65. The Balaban J connectivity index is 2.10. The summed E-state index contributed by atoms with van der Waals surface area (Å²) in [6.07, 6.45) is 8.09. The third-order valence-electron chi connectivity index (χ3n) is 3.49. The van der Waals surface area contributed by atoms with Crippen LogP contribution in [0.2, 0.25) is 0 Å². The molecule has 1 saturated carbocycles. The van der Waals surface area contributed by atoms with Gasteiger partial charge >= 0.3 is 0 Å². The quantitative estimate of drug-likeness (QED) is 0.870. The number of nitrogens with two attached hydrogens (primary N) is 1. The van der Waals surface area contributed by atoms with E-state index in [0.717, 1.165) is 11.6 Å². The molecule has 0 spiro atoms. The Hall–Kier alpha value is -1.98. The standard InChI is InChI=1S/C12H16N6/c1-8-16-17-12(10-11(13)15-7-6-14-10)18(8)9-4-2-3-5-9/h6-7,9H,2-5H2,1H3,(H2,13,15). The number of anilines is 1. The molecule has 2 N–H and O–H groups in total. The molecule has 6 nitrogen and oxygen atoms in total. The predicted molar refractivity (Wildman–Crippen MR) is 67.7 cm³/mol. The Kier molecular flexibility index (Phi) is 2.70. The second-order valence-electron chi connectivity index (χ2n) is 4.67. The van der Waals surface area contributed by atoms with Gasteiger partial charge in [0.05, 0.1) is 0 Å². The van der Waals surface area contributed by atoms with Crippen LogP contribution >= 0.6 is 0 Å². The lowest BCUT2D eigenvalue weighted by atomic mass is 10.2. The SMILES string of the molecule is Cc1nnc(-c2nccnc2N)n1C1CCCC1. The van der Waals surface area contributed by atoms with Crippen LogP contribution in [-0.2, 0) is 0 Å². The summed E-state index contributed by atoms with van der Waals surface area (Å²) < 4.78 is 2.16. The van der Waals surface area contributed by atoms with E-state index < -0.39 is 0 Å². The molecule has 0 unspecified atom stereocenters. The molecule has 2 heterocycles. The molecule has 0 radical (unpaired) electrons. The molecule has 0 saturated heterocycles. The molecular weight excluding hydrogens is 228 g/mol. The highest BCUT2D eigenvalue weighted by Crippen LogP contribution is 2.34. The van der Waals surface area contributed by atoms with Crippen LogP contribution in [0.5, 0.6) is 0 Å². The number of aryl methyl sites for hydroxylation is 1. The maximum absolute atomic E-state index is 5.87. The monoisotopic (exact) mass is 244 g/mol. The van der Waals surface area contributed by atoms with Gasteiger partial charge in [-0.2, -0.15) is 0 Å². The van der Waals surface area contributed by atoms with Crippen molar-refractivity contribution >= 4 is 5.82 Å². The maximum Gasteiger partial charge on any atom is 0.186 e. The van der Waals surface area contributed by atoms with Crippen LogP contribution in [-0.4, -0.2) is 24.7 Å². The van der Waals surface area contributed by atoms with Crippen molar-refractivity contribution < 1.29 is 0 Å². The first-order chi connectivity index (χ1) is 8.77. The summed E-state index contributed by atoms with van der Waals surface area (Å²) in [4.78, 5) is 8.35. The van der Waals surface area contributed by atoms with E-state index >= 15 is 0 Å². The number of rotatable bonds is 2. The average Bonchev–Trinajstić information content (AvgIpc) is 2.98. The van der Waals surface area contributed by atoms with Gasteiger partial charge in [0.25, 0.3) is 0 Å². The van der Waals surface area contributed by atoms with Crippen molar-refractivity contribution in [2.24, 2.45) is 0 Å². The first kappa shape index (κ1) is 11.1. The Labute approximate surface area is 105 Å². The van der Waals surface area contributed by atoms with Crippen LogP contribution in [0.3, 0.4) is 0 Å². The minimum absolute atomic E-state index is 0.407. The lowest BCUT2D eigenvalue weighted by Crippen LogP contribution is -2.10. The van der Waals surface area contributed by atoms with Crippen LogP contribution in [0, 0.1) is 6.92 Å². The summed E-state index contributed by atoms with van der Waals surface area (Å²) >= 11 is 0. The Bertz CT molecular complexity index is 555. The van der Waals surface area contributed by atoms with Gasteiger partial charge in [-0.1, -0.05) is 12.8 Å². The van der Waals surface area contributed by atoms with Gasteiger partial charge in [-0.3, -0.25) is 0 Å².